The van der Waals surface area contributed by atoms with Crippen molar-refractivity contribution in [1.29, 1.82) is 0 Å². The summed E-state index contributed by atoms with van der Waals surface area (Å²) >= 11 is 7.93. The summed E-state index contributed by atoms with van der Waals surface area (Å²) in [6, 6.07) is 0. The van der Waals surface area contributed by atoms with Crippen molar-refractivity contribution in [3.63, 3.8) is 0 Å². The van der Waals surface area contributed by atoms with Gasteiger partial charge in [0.25, 0.3) is 10.0 Å². The first-order valence-corrected chi connectivity index (χ1v) is 7.61. The number of hydrogen-bond acceptors (Lipinski definition) is 3. The third-order valence-corrected chi connectivity index (χ3v) is 4.43. The second-order valence-electron chi connectivity index (χ2n) is 2.86. The van der Waals surface area contributed by atoms with E-state index in [1.807, 2.05) is 0 Å². The molecule has 0 spiro atoms. The van der Waals surface area contributed by atoms with Crippen LogP contribution in [0.1, 0.15) is 6.42 Å². The van der Waals surface area contributed by atoms with Gasteiger partial charge >= 0.3 is 0 Å². The molecule has 0 aromatic carbocycles. The molecule has 0 aliphatic heterocycles. The van der Waals surface area contributed by atoms with Gasteiger partial charge in [-0.3, -0.25) is 4.68 Å². The van der Waals surface area contributed by atoms with Crippen LogP contribution in [0.5, 0.6) is 0 Å². The van der Waals surface area contributed by atoms with Crippen LogP contribution in [-0.4, -0.2) is 29.2 Å². The molecule has 86 valence electrons. The average molecular weight is 364 g/mol. The van der Waals surface area contributed by atoms with Gasteiger partial charge in [-0.15, -0.1) is 0 Å². The van der Waals surface area contributed by atoms with Gasteiger partial charge in [-0.25, -0.2) is 13.1 Å². The first kappa shape index (κ1) is 13.2. The highest BCUT2D eigenvalue weighted by Gasteiger charge is 2.21. The number of nitrogens with zero attached hydrogens (tertiary/aromatic N) is 2. The molecular formula is C7H11ClIN3O2S. The number of sulfonamides is 1. The minimum atomic E-state index is -3.54. The third kappa shape index (κ3) is 3.30. The van der Waals surface area contributed by atoms with Gasteiger partial charge in [-0.2, -0.15) is 5.10 Å². The Morgan fingerprint density at radius 3 is 2.80 bits per heavy atom. The Morgan fingerprint density at radius 2 is 2.33 bits per heavy atom. The second kappa shape index (κ2) is 5.46. The molecule has 1 heterocycles. The van der Waals surface area contributed by atoms with Gasteiger partial charge in [0.05, 0.1) is 11.2 Å². The van der Waals surface area contributed by atoms with Crippen LogP contribution in [0.15, 0.2) is 11.2 Å². The van der Waals surface area contributed by atoms with Crippen LogP contribution in [0.4, 0.5) is 0 Å². The monoisotopic (exact) mass is 363 g/mol. The molecule has 1 aromatic heterocycles. The predicted octanol–water partition coefficient (Wildman–Crippen LogP) is 1.18. The normalized spacial score (nSPS) is 11.9. The Morgan fingerprint density at radius 1 is 1.67 bits per heavy atom. The summed E-state index contributed by atoms with van der Waals surface area (Å²) in [6.07, 6.45) is 2.10. The van der Waals surface area contributed by atoms with Crippen molar-refractivity contribution in [2.24, 2.45) is 7.05 Å². The highest BCUT2D eigenvalue weighted by atomic mass is 127. The number of halogens is 2. The molecule has 0 aliphatic carbocycles. The van der Waals surface area contributed by atoms with Crippen molar-refractivity contribution in [3.8, 4) is 0 Å². The van der Waals surface area contributed by atoms with Gasteiger partial charge in [-0.05, 0) is 6.42 Å². The van der Waals surface area contributed by atoms with E-state index in [0.717, 1.165) is 10.8 Å². The van der Waals surface area contributed by atoms with Crippen LogP contribution >= 0.6 is 34.2 Å². The second-order valence-corrected chi connectivity index (χ2v) is 6.03. The summed E-state index contributed by atoms with van der Waals surface area (Å²) in [4.78, 5) is 0. The van der Waals surface area contributed by atoms with Gasteiger partial charge in [0.2, 0.25) is 0 Å². The molecule has 0 saturated heterocycles. The number of hydrogen-bond donors (Lipinski definition) is 1. The quantitative estimate of drug-likeness (QED) is 0.485. The lowest BCUT2D eigenvalue weighted by molar-refractivity contribution is 0.563. The molecule has 0 aliphatic rings. The summed E-state index contributed by atoms with van der Waals surface area (Å²) in [5.74, 6) is 0. The Labute approximate surface area is 107 Å². The fraction of sp³-hybridized carbons (Fsp3) is 0.571. The molecule has 1 rings (SSSR count). The van der Waals surface area contributed by atoms with Crippen molar-refractivity contribution in [3.05, 3.63) is 11.2 Å². The smallest absolute Gasteiger partial charge is 0.255 e. The summed E-state index contributed by atoms with van der Waals surface area (Å²) in [6.45, 7) is 0.410. The van der Waals surface area contributed by atoms with E-state index >= 15 is 0 Å². The molecule has 0 unspecified atom stereocenters. The maximum atomic E-state index is 11.8. The lowest BCUT2D eigenvalue weighted by Crippen LogP contribution is -2.27. The van der Waals surface area contributed by atoms with Gasteiger partial charge in [0.15, 0.2) is 5.03 Å². The minimum absolute atomic E-state index is 0.0117. The fourth-order valence-electron chi connectivity index (χ4n) is 1.04. The number of alkyl halides is 1. The molecular weight excluding hydrogens is 353 g/mol. The molecule has 5 nitrogen and oxygen atoms in total. The molecule has 8 heteroatoms. The first-order valence-electron chi connectivity index (χ1n) is 4.22. The zero-order valence-electron chi connectivity index (χ0n) is 8.07. The van der Waals surface area contributed by atoms with Crippen LogP contribution in [0.25, 0.3) is 0 Å². The summed E-state index contributed by atoms with van der Waals surface area (Å²) in [5.41, 5.74) is 0. The zero-order valence-corrected chi connectivity index (χ0v) is 11.8. The van der Waals surface area contributed by atoms with Crippen molar-refractivity contribution < 1.29 is 8.42 Å². The highest BCUT2D eigenvalue weighted by Crippen LogP contribution is 2.19. The predicted molar refractivity (Wildman–Crippen MR) is 66.9 cm³/mol. The van der Waals surface area contributed by atoms with Crippen LogP contribution in [0.2, 0.25) is 5.02 Å². The van der Waals surface area contributed by atoms with E-state index in [-0.39, 0.29) is 10.0 Å². The van der Waals surface area contributed by atoms with E-state index in [2.05, 4.69) is 32.4 Å². The molecule has 0 bridgehead atoms. The van der Waals surface area contributed by atoms with Gasteiger partial charge < -0.3 is 0 Å². The summed E-state index contributed by atoms with van der Waals surface area (Å²) in [7, 11) is -1.99. The Bertz CT molecular complexity index is 412. The molecule has 0 saturated carbocycles. The molecule has 0 amide bonds. The SMILES string of the molecule is Cn1ncc(Cl)c1S(=O)(=O)NCCCI. The van der Waals surface area contributed by atoms with Crippen molar-refractivity contribution in [2.45, 2.75) is 11.4 Å². The molecule has 0 atom stereocenters. The lowest BCUT2D eigenvalue weighted by Gasteiger charge is -2.06. The Hall–Kier alpha value is 0.140. The van der Waals surface area contributed by atoms with E-state index in [4.69, 9.17) is 11.6 Å². The van der Waals surface area contributed by atoms with E-state index in [1.54, 1.807) is 7.05 Å². The van der Waals surface area contributed by atoms with E-state index in [9.17, 15) is 8.42 Å². The number of nitrogens with one attached hydrogen (secondary N) is 1. The number of aromatic nitrogens is 2. The largest absolute Gasteiger partial charge is 0.259 e. The van der Waals surface area contributed by atoms with Gasteiger partial charge in [0, 0.05) is 18.0 Å². The number of rotatable bonds is 5. The fourth-order valence-corrected chi connectivity index (χ4v) is 3.15. The maximum absolute atomic E-state index is 11.8. The van der Waals surface area contributed by atoms with Crippen LogP contribution in [0, 0.1) is 0 Å². The Balaban J connectivity index is 2.87. The zero-order chi connectivity index (χ0) is 11.5. The van der Waals surface area contributed by atoms with E-state index < -0.39 is 10.0 Å². The molecule has 1 N–H and O–H groups in total. The molecule has 1 aromatic rings. The van der Waals surface area contributed by atoms with Crippen LogP contribution in [0.3, 0.4) is 0 Å². The van der Waals surface area contributed by atoms with Crippen molar-refractivity contribution >= 4 is 44.2 Å². The third-order valence-electron chi connectivity index (χ3n) is 1.70. The van der Waals surface area contributed by atoms with E-state index in [0.29, 0.717) is 6.54 Å². The average Bonchev–Trinajstić information content (AvgIpc) is 2.46. The standard InChI is InChI=1S/C7H11ClIN3O2S/c1-12-7(6(8)5-10-12)15(13,14)11-4-2-3-9/h5,11H,2-4H2,1H3. The number of aryl methyl sites for hydroxylation is 1. The summed E-state index contributed by atoms with van der Waals surface area (Å²) < 4.78 is 28.1. The lowest BCUT2D eigenvalue weighted by atomic mass is 10.5. The highest BCUT2D eigenvalue weighted by molar-refractivity contribution is 14.1. The first-order chi connectivity index (χ1) is 6.99. The van der Waals surface area contributed by atoms with Crippen LogP contribution < -0.4 is 4.72 Å². The van der Waals surface area contributed by atoms with Gasteiger partial charge in [0.1, 0.15) is 0 Å². The Kier molecular flexibility index (Phi) is 4.81. The molecule has 0 radical (unpaired) electrons. The van der Waals surface area contributed by atoms with Crippen molar-refractivity contribution in [2.75, 3.05) is 11.0 Å². The van der Waals surface area contributed by atoms with Crippen molar-refractivity contribution in [1.82, 2.24) is 14.5 Å². The topological polar surface area (TPSA) is 64.0 Å². The van der Waals surface area contributed by atoms with Crippen LogP contribution in [-0.2, 0) is 17.1 Å². The van der Waals surface area contributed by atoms with E-state index in [1.165, 1.54) is 10.9 Å². The molecule has 15 heavy (non-hydrogen) atoms. The minimum Gasteiger partial charge on any atom is -0.255 e. The molecule has 0 fully saturated rings. The van der Waals surface area contributed by atoms with Gasteiger partial charge in [-0.1, -0.05) is 34.2 Å². The summed E-state index contributed by atoms with van der Waals surface area (Å²) in [5, 5.41) is 3.92. The maximum Gasteiger partial charge on any atom is 0.259 e.